The SMILES string of the molecule is C[Si]1(C)CCC(CCCS)O[Si]1(C)C. The lowest BCUT2D eigenvalue weighted by Gasteiger charge is -2.45. The largest absolute Gasteiger partial charge is 0.417 e. The van der Waals surface area contributed by atoms with Crippen molar-refractivity contribution in [3.8, 4) is 0 Å². The molecule has 1 unspecified atom stereocenters. The lowest BCUT2D eigenvalue weighted by molar-refractivity contribution is 0.175. The van der Waals surface area contributed by atoms with Gasteiger partial charge in [0.15, 0.2) is 7.83 Å². The summed E-state index contributed by atoms with van der Waals surface area (Å²) in [6, 6.07) is 1.48. The molecular weight excluding hydrogens is 224 g/mol. The van der Waals surface area contributed by atoms with E-state index in [2.05, 4.69) is 38.8 Å². The smallest absolute Gasteiger partial charge is 0.174 e. The Bertz CT molecular complexity index is 195. The van der Waals surface area contributed by atoms with Crippen LogP contribution in [0.2, 0.25) is 32.2 Å². The van der Waals surface area contributed by atoms with Gasteiger partial charge in [0.05, 0.1) is 7.59 Å². The highest BCUT2D eigenvalue weighted by Gasteiger charge is 2.47. The highest BCUT2D eigenvalue weighted by molar-refractivity contribution is 7.80. The predicted octanol–water partition coefficient (Wildman–Crippen LogP) is 3.48. The molecule has 1 rings (SSSR count). The van der Waals surface area contributed by atoms with Crippen LogP contribution in [-0.2, 0) is 4.43 Å². The first-order valence-electron chi connectivity index (χ1n) is 5.68. The van der Waals surface area contributed by atoms with Gasteiger partial charge in [0, 0.05) is 6.10 Å². The predicted molar refractivity (Wildman–Crippen MR) is 72.3 cm³/mol. The molecule has 1 saturated heterocycles. The second-order valence-electron chi connectivity index (χ2n) is 5.54. The van der Waals surface area contributed by atoms with Crippen LogP contribution in [-0.4, -0.2) is 27.3 Å². The van der Waals surface area contributed by atoms with Crippen molar-refractivity contribution in [3.63, 3.8) is 0 Å². The third kappa shape index (κ3) is 2.87. The number of hydrogen-bond donors (Lipinski definition) is 1. The summed E-state index contributed by atoms with van der Waals surface area (Å²) in [4.78, 5) is 0. The first kappa shape index (κ1) is 12.8. The first-order valence-corrected chi connectivity index (χ1v) is 13.4. The van der Waals surface area contributed by atoms with Gasteiger partial charge in [-0.1, -0.05) is 19.1 Å². The molecule has 0 aliphatic carbocycles. The van der Waals surface area contributed by atoms with E-state index in [9.17, 15) is 0 Å². The zero-order chi connectivity index (χ0) is 10.8. The normalized spacial score (nSPS) is 30.2. The van der Waals surface area contributed by atoms with E-state index in [0.29, 0.717) is 6.10 Å². The van der Waals surface area contributed by atoms with Gasteiger partial charge in [0.25, 0.3) is 0 Å². The molecule has 4 heteroatoms. The summed E-state index contributed by atoms with van der Waals surface area (Å²) < 4.78 is 6.36. The summed E-state index contributed by atoms with van der Waals surface area (Å²) in [5, 5.41) is 0. The number of hydrogen-bond acceptors (Lipinski definition) is 2. The number of thiol groups is 1. The minimum Gasteiger partial charge on any atom is -0.417 e. The van der Waals surface area contributed by atoms with Crippen LogP contribution in [0.4, 0.5) is 0 Å². The second-order valence-corrected chi connectivity index (χ2v) is 21.2. The van der Waals surface area contributed by atoms with Crippen LogP contribution in [0.1, 0.15) is 19.3 Å². The maximum absolute atomic E-state index is 6.36. The Morgan fingerprint density at radius 2 is 1.93 bits per heavy atom. The van der Waals surface area contributed by atoms with Crippen LogP contribution in [0.3, 0.4) is 0 Å². The van der Waals surface area contributed by atoms with Crippen LogP contribution in [0.15, 0.2) is 0 Å². The molecule has 0 aromatic carbocycles. The molecule has 0 bridgehead atoms. The molecule has 1 nitrogen and oxygen atoms in total. The van der Waals surface area contributed by atoms with E-state index in [-0.39, 0.29) is 0 Å². The van der Waals surface area contributed by atoms with Gasteiger partial charge in [-0.2, -0.15) is 12.6 Å². The minimum atomic E-state index is -1.32. The van der Waals surface area contributed by atoms with E-state index in [4.69, 9.17) is 4.43 Å². The van der Waals surface area contributed by atoms with Gasteiger partial charge in [-0.3, -0.25) is 0 Å². The van der Waals surface area contributed by atoms with E-state index in [0.717, 1.165) is 5.75 Å². The Morgan fingerprint density at radius 1 is 1.29 bits per heavy atom. The average Bonchev–Trinajstić information content (AvgIpc) is 2.07. The Labute approximate surface area is 96.0 Å². The van der Waals surface area contributed by atoms with E-state index < -0.39 is 15.4 Å². The van der Waals surface area contributed by atoms with Gasteiger partial charge in [-0.05, 0) is 38.1 Å². The summed E-state index contributed by atoms with van der Waals surface area (Å²) in [7, 11) is -2.32. The van der Waals surface area contributed by atoms with Crippen molar-refractivity contribution in [3.05, 3.63) is 0 Å². The molecule has 1 aliphatic rings. The maximum Gasteiger partial charge on any atom is 0.174 e. The molecule has 0 spiro atoms. The van der Waals surface area contributed by atoms with Crippen molar-refractivity contribution in [1.29, 1.82) is 0 Å². The monoisotopic (exact) mass is 248 g/mol. The van der Waals surface area contributed by atoms with Crippen LogP contribution in [0, 0.1) is 0 Å². The second kappa shape index (κ2) is 4.72. The standard InChI is InChI=1S/C10H24OSSi2/c1-13(2)9-7-10(6-5-8-12)11-14(13,3)4/h10,12H,5-9H2,1-4H3. The Hall–Kier alpha value is 0.744. The van der Waals surface area contributed by atoms with Gasteiger partial charge < -0.3 is 4.43 Å². The summed E-state index contributed by atoms with van der Waals surface area (Å²) >= 11 is 4.26. The van der Waals surface area contributed by atoms with Crippen molar-refractivity contribution >= 4 is 28.1 Å². The van der Waals surface area contributed by atoms with Crippen molar-refractivity contribution in [2.24, 2.45) is 0 Å². The van der Waals surface area contributed by atoms with E-state index in [1.54, 1.807) is 0 Å². The molecule has 14 heavy (non-hydrogen) atoms. The summed E-state index contributed by atoms with van der Waals surface area (Å²) in [6.07, 6.45) is 4.30. The molecule has 0 radical (unpaired) electrons. The highest BCUT2D eigenvalue weighted by atomic mass is 32.1. The van der Waals surface area contributed by atoms with Crippen molar-refractivity contribution in [2.45, 2.75) is 57.6 Å². The van der Waals surface area contributed by atoms with Gasteiger partial charge in [0.2, 0.25) is 0 Å². The van der Waals surface area contributed by atoms with Crippen molar-refractivity contribution in [2.75, 3.05) is 5.75 Å². The average molecular weight is 249 g/mol. The van der Waals surface area contributed by atoms with Crippen LogP contribution in [0.25, 0.3) is 0 Å². The van der Waals surface area contributed by atoms with E-state index in [1.165, 1.54) is 25.3 Å². The fraction of sp³-hybridized carbons (Fsp3) is 1.00. The van der Waals surface area contributed by atoms with Gasteiger partial charge in [-0.25, -0.2) is 0 Å². The van der Waals surface area contributed by atoms with Crippen LogP contribution >= 0.6 is 12.6 Å². The quantitative estimate of drug-likeness (QED) is 0.594. The minimum absolute atomic E-state index is 0.560. The molecule has 0 aromatic heterocycles. The van der Waals surface area contributed by atoms with E-state index in [1.807, 2.05) is 0 Å². The third-order valence-corrected chi connectivity index (χ3v) is 20.8. The Balaban J connectivity index is 2.50. The zero-order valence-corrected chi connectivity index (χ0v) is 12.9. The van der Waals surface area contributed by atoms with Gasteiger partial charge in [0.1, 0.15) is 0 Å². The fourth-order valence-electron chi connectivity index (χ4n) is 1.98. The van der Waals surface area contributed by atoms with Crippen LogP contribution < -0.4 is 0 Å². The topological polar surface area (TPSA) is 9.23 Å². The molecule has 1 fully saturated rings. The Morgan fingerprint density at radius 3 is 2.43 bits per heavy atom. The molecule has 0 aromatic rings. The fourth-order valence-corrected chi connectivity index (χ4v) is 8.89. The zero-order valence-electron chi connectivity index (χ0n) is 9.97. The lowest BCUT2D eigenvalue weighted by atomic mass is 10.2. The van der Waals surface area contributed by atoms with E-state index >= 15 is 0 Å². The Kier molecular flexibility index (Phi) is 4.32. The molecular formula is C10H24OSSi2. The molecule has 1 atom stereocenters. The van der Waals surface area contributed by atoms with Crippen molar-refractivity contribution in [1.82, 2.24) is 0 Å². The molecule has 0 amide bonds. The summed E-state index contributed by atoms with van der Waals surface area (Å²) in [5.41, 5.74) is 0. The molecule has 0 N–H and O–H groups in total. The molecule has 1 aliphatic heterocycles. The van der Waals surface area contributed by atoms with Crippen LogP contribution in [0.5, 0.6) is 0 Å². The van der Waals surface area contributed by atoms with Gasteiger partial charge in [-0.15, -0.1) is 0 Å². The third-order valence-electron chi connectivity index (χ3n) is 3.87. The molecule has 0 saturated carbocycles. The maximum atomic E-state index is 6.36. The number of rotatable bonds is 3. The first-order chi connectivity index (χ1) is 6.39. The lowest BCUT2D eigenvalue weighted by Crippen LogP contribution is -2.61. The van der Waals surface area contributed by atoms with Gasteiger partial charge >= 0.3 is 0 Å². The highest BCUT2D eigenvalue weighted by Crippen LogP contribution is 2.34. The summed E-state index contributed by atoms with van der Waals surface area (Å²) in [6.45, 7) is 9.86. The summed E-state index contributed by atoms with van der Waals surface area (Å²) in [5.74, 6) is 1.00. The molecule has 1 heterocycles. The van der Waals surface area contributed by atoms with Crippen molar-refractivity contribution < 1.29 is 4.43 Å². The molecule has 84 valence electrons.